The summed E-state index contributed by atoms with van der Waals surface area (Å²) in [5, 5.41) is 11.6. The van der Waals surface area contributed by atoms with Crippen molar-refractivity contribution in [3.05, 3.63) is 47.4 Å². The molecule has 1 rings (SSSR count). The maximum absolute atomic E-state index is 12.2. The minimum Gasteiger partial charge on any atom is -0.480 e. The summed E-state index contributed by atoms with van der Waals surface area (Å²) >= 11 is 0. The minimum atomic E-state index is -3.69. The third kappa shape index (κ3) is 5.19. The van der Waals surface area contributed by atoms with Gasteiger partial charge in [0.2, 0.25) is 5.91 Å². The van der Waals surface area contributed by atoms with Crippen molar-refractivity contribution in [3.63, 3.8) is 0 Å². The molecule has 24 heavy (non-hydrogen) atoms. The van der Waals surface area contributed by atoms with E-state index in [1.807, 2.05) is 0 Å². The second-order valence-corrected chi connectivity index (χ2v) is 9.29. The molecule has 0 aromatic heterocycles. The maximum atomic E-state index is 12.2. The Hall–Kier alpha value is -2.15. The largest absolute Gasteiger partial charge is 0.480 e. The second kappa shape index (κ2) is 7.61. The molecule has 2 N–H and O–H groups in total. The van der Waals surface area contributed by atoms with E-state index in [0.717, 1.165) is 5.56 Å². The molecule has 1 aromatic rings. The van der Waals surface area contributed by atoms with Crippen LogP contribution in [-0.2, 0) is 25.8 Å². The van der Waals surface area contributed by atoms with Crippen molar-refractivity contribution in [3.8, 4) is 0 Å². The monoisotopic (exact) mass is 353 g/mol. The summed E-state index contributed by atoms with van der Waals surface area (Å²) in [6.45, 7) is 8.02. The van der Waals surface area contributed by atoms with Crippen LogP contribution < -0.4 is 5.32 Å². The molecular formula is C17H23NO5S. The van der Waals surface area contributed by atoms with Crippen LogP contribution >= 0.6 is 0 Å². The van der Waals surface area contributed by atoms with Crippen LogP contribution in [0.15, 0.2) is 41.8 Å². The lowest BCUT2D eigenvalue weighted by molar-refractivity contribution is -0.141. The van der Waals surface area contributed by atoms with Crippen LogP contribution in [0.2, 0.25) is 0 Å². The number of hydrogen-bond donors (Lipinski definition) is 2. The molecule has 0 radical (unpaired) electrons. The van der Waals surface area contributed by atoms with Crippen molar-refractivity contribution in [1.82, 2.24) is 5.32 Å². The van der Waals surface area contributed by atoms with Crippen LogP contribution in [0.25, 0.3) is 0 Å². The highest BCUT2D eigenvalue weighted by atomic mass is 32.2. The van der Waals surface area contributed by atoms with Gasteiger partial charge in [0, 0.05) is 11.3 Å². The van der Waals surface area contributed by atoms with Gasteiger partial charge in [0.15, 0.2) is 9.84 Å². The molecule has 0 heterocycles. The van der Waals surface area contributed by atoms with E-state index in [4.69, 9.17) is 0 Å². The number of amides is 1. The normalized spacial score (nSPS) is 13.1. The van der Waals surface area contributed by atoms with Gasteiger partial charge in [0.05, 0.1) is 11.2 Å². The lowest BCUT2D eigenvalue weighted by Crippen LogP contribution is -2.43. The average molecular weight is 353 g/mol. The van der Waals surface area contributed by atoms with E-state index < -0.39 is 38.9 Å². The summed E-state index contributed by atoms with van der Waals surface area (Å²) in [7, 11) is -3.69. The first-order valence-corrected chi connectivity index (χ1v) is 8.92. The van der Waals surface area contributed by atoms with Crippen LogP contribution in [0.3, 0.4) is 0 Å². The van der Waals surface area contributed by atoms with Gasteiger partial charge in [-0.1, -0.05) is 36.9 Å². The van der Waals surface area contributed by atoms with Gasteiger partial charge in [-0.15, -0.1) is 0 Å². The molecule has 132 valence electrons. The first-order chi connectivity index (χ1) is 10.9. The van der Waals surface area contributed by atoms with E-state index in [2.05, 4.69) is 11.9 Å². The Morgan fingerprint density at radius 3 is 2.21 bits per heavy atom. The number of carbonyl (C=O) groups is 2. The number of benzene rings is 1. The quantitative estimate of drug-likeness (QED) is 0.780. The second-order valence-electron chi connectivity index (χ2n) is 6.48. The van der Waals surface area contributed by atoms with Gasteiger partial charge in [0.25, 0.3) is 0 Å². The van der Waals surface area contributed by atoms with Crippen LogP contribution in [0.5, 0.6) is 0 Å². The van der Waals surface area contributed by atoms with Gasteiger partial charge >= 0.3 is 5.97 Å². The van der Waals surface area contributed by atoms with Gasteiger partial charge < -0.3 is 10.4 Å². The Morgan fingerprint density at radius 1 is 1.21 bits per heavy atom. The summed E-state index contributed by atoms with van der Waals surface area (Å²) in [5.41, 5.74) is 0.756. The maximum Gasteiger partial charge on any atom is 0.326 e. The third-order valence-corrected chi connectivity index (χ3v) is 5.98. The summed E-state index contributed by atoms with van der Waals surface area (Å²) in [6.07, 6.45) is -0.349. The molecule has 0 saturated heterocycles. The molecule has 0 bridgehead atoms. The van der Waals surface area contributed by atoms with Gasteiger partial charge in [-0.05, 0) is 26.3 Å². The van der Waals surface area contributed by atoms with Crippen molar-refractivity contribution >= 4 is 21.7 Å². The Kier molecular flexibility index (Phi) is 6.31. The van der Waals surface area contributed by atoms with E-state index in [1.165, 1.54) is 20.8 Å². The first kappa shape index (κ1) is 19.9. The zero-order valence-corrected chi connectivity index (χ0v) is 14.9. The standard InChI is InChI=1S/C17H23NO5S/c1-12(24(22,23)17(2,3)4)10-15(19)18-14(16(20)21)11-13-8-6-5-7-9-13/h5-9,14H,1,10-11H2,2-4H3,(H,18,19)(H,20,21)/t14-/m0/s1. The van der Waals surface area contributed by atoms with Crippen molar-refractivity contribution in [2.45, 2.75) is 44.4 Å². The molecule has 1 amide bonds. The van der Waals surface area contributed by atoms with E-state index in [0.29, 0.717) is 0 Å². The van der Waals surface area contributed by atoms with Crippen LogP contribution in [0, 0.1) is 0 Å². The summed E-state index contributed by atoms with van der Waals surface area (Å²) in [6, 6.07) is 7.72. The Morgan fingerprint density at radius 2 is 1.75 bits per heavy atom. The van der Waals surface area contributed by atoms with Crippen LogP contribution in [-0.4, -0.2) is 36.2 Å². The topological polar surface area (TPSA) is 101 Å². The van der Waals surface area contributed by atoms with Gasteiger partial charge in [-0.25, -0.2) is 13.2 Å². The number of rotatable bonds is 7. The zero-order valence-electron chi connectivity index (χ0n) is 14.1. The van der Waals surface area contributed by atoms with E-state index in [1.54, 1.807) is 30.3 Å². The minimum absolute atomic E-state index is 0.112. The predicted molar refractivity (Wildman–Crippen MR) is 92.1 cm³/mol. The fourth-order valence-electron chi connectivity index (χ4n) is 2.00. The van der Waals surface area contributed by atoms with Crippen LogP contribution in [0.4, 0.5) is 0 Å². The smallest absolute Gasteiger partial charge is 0.326 e. The molecule has 1 atom stereocenters. The first-order valence-electron chi connectivity index (χ1n) is 7.43. The van der Waals surface area contributed by atoms with Crippen molar-refractivity contribution in [1.29, 1.82) is 0 Å². The number of nitrogens with one attached hydrogen (secondary N) is 1. The number of sulfone groups is 1. The highest BCUT2D eigenvalue weighted by molar-refractivity contribution is 7.96. The van der Waals surface area contributed by atoms with Crippen LogP contribution in [0.1, 0.15) is 32.8 Å². The fourth-order valence-corrected chi connectivity index (χ4v) is 3.19. The molecule has 0 aliphatic carbocycles. The molecule has 7 heteroatoms. The number of carboxylic acids is 1. The number of aliphatic carboxylic acids is 1. The molecule has 0 aliphatic rings. The molecule has 6 nitrogen and oxygen atoms in total. The lowest BCUT2D eigenvalue weighted by Gasteiger charge is -2.21. The molecule has 0 unspecified atom stereocenters. The van der Waals surface area contributed by atoms with Crippen molar-refractivity contribution in [2.24, 2.45) is 0 Å². The van der Waals surface area contributed by atoms with Gasteiger partial charge in [-0.2, -0.15) is 0 Å². The van der Waals surface area contributed by atoms with Gasteiger partial charge in [0.1, 0.15) is 6.04 Å². The van der Waals surface area contributed by atoms with E-state index in [9.17, 15) is 23.1 Å². The summed E-state index contributed by atoms with van der Waals surface area (Å²) in [5.74, 6) is -1.87. The fraction of sp³-hybridized carbons (Fsp3) is 0.412. The van der Waals surface area contributed by atoms with Crippen molar-refractivity contribution in [2.75, 3.05) is 0 Å². The molecule has 0 spiro atoms. The summed E-state index contributed by atoms with van der Waals surface area (Å²) in [4.78, 5) is 23.1. The highest BCUT2D eigenvalue weighted by Crippen LogP contribution is 2.24. The third-order valence-electron chi connectivity index (χ3n) is 3.46. The average Bonchev–Trinajstić information content (AvgIpc) is 2.46. The molecule has 0 aliphatic heterocycles. The SMILES string of the molecule is C=C(CC(=O)N[C@@H](Cc1ccccc1)C(=O)O)S(=O)(=O)C(C)(C)C. The predicted octanol–water partition coefficient (Wildman–Crippen LogP) is 1.92. The molecule has 1 aromatic carbocycles. The molecular weight excluding hydrogens is 330 g/mol. The number of hydrogen-bond acceptors (Lipinski definition) is 4. The van der Waals surface area contributed by atoms with E-state index >= 15 is 0 Å². The summed E-state index contributed by atoms with van der Waals surface area (Å²) < 4.78 is 23.3. The number of carboxylic acid groups (broad SMARTS) is 1. The highest BCUT2D eigenvalue weighted by Gasteiger charge is 2.33. The Balaban J connectivity index is 2.77. The zero-order chi connectivity index (χ0) is 18.5. The molecule has 0 saturated carbocycles. The Labute approximate surface area is 142 Å². The van der Waals surface area contributed by atoms with Crippen molar-refractivity contribution < 1.29 is 23.1 Å². The lowest BCUT2D eigenvalue weighted by atomic mass is 10.1. The number of carbonyl (C=O) groups excluding carboxylic acids is 1. The molecule has 0 fully saturated rings. The van der Waals surface area contributed by atoms with E-state index in [-0.39, 0.29) is 11.3 Å². The Bertz CT molecular complexity index is 717. The van der Waals surface area contributed by atoms with Gasteiger partial charge in [-0.3, -0.25) is 4.79 Å².